The van der Waals surface area contributed by atoms with Crippen LogP contribution in [0.2, 0.25) is 0 Å². The van der Waals surface area contributed by atoms with Gasteiger partial charge in [0.25, 0.3) is 0 Å². The van der Waals surface area contributed by atoms with E-state index >= 15 is 0 Å². The molecule has 2 atom stereocenters. The van der Waals surface area contributed by atoms with Crippen molar-refractivity contribution in [1.29, 1.82) is 0 Å². The minimum atomic E-state index is -1.13. The van der Waals surface area contributed by atoms with Gasteiger partial charge in [-0.15, -0.1) is 6.58 Å². The molecule has 0 spiro atoms. The van der Waals surface area contributed by atoms with Gasteiger partial charge in [-0.25, -0.2) is 9.59 Å². The van der Waals surface area contributed by atoms with Crippen molar-refractivity contribution in [3.05, 3.63) is 72.3 Å². The first-order chi connectivity index (χ1) is 15.5. The monoisotopic (exact) mass is 436 g/mol. The van der Waals surface area contributed by atoms with Gasteiger partial charge in [0, 0.05) is 5.92 Å². The Balaban J connectivity index is 1.61. The van der Waals surface area contributed by atoms with Crippen molar-refractivity contribution in [2.75, 3.05) is 6.61 Å². The van der Waals surface area contributed by atoms with Crippen molar-refractivity contribution >= 4 is 18.0 Å². The highest BCUT2D eigenvalue weighted by atomic mass is 16.5. The second-order valence-corrected chi connectivity index (χ2v) is 7.70. The van der Waals surface area contributed by atoms with Gasteiger partial charge >= 0.3 is 12.1 Å². The van der Waals surface area contributed by atoms with E-state index in [1.165, 1.54) is 0 Å². The van der Waals surface area contributed by atoms with Crippen LogP contribution in [0.5, 0.6) is 0 Å². The fraction of sp³-hybridized carbons (Fsp3) is 0.320. The highest BCUT2D eigenvalue weighted by Crippen LogP contribution is 2.44. The Kier molecular flexibility index (Phi) is 7.65. The average Bonchev–Trinajstić information content (AvgIpc) is 3.12. The van der Waals surface area contributed by atoms with Crippen LogP contribution in [0.25, 0.3) is 11.1 Å². The third-order valence-electron chi connectivity index (χ3n) is 5.63. The summed E-state index contributed by atoms with van der Waals surface area (Å²) >= 11 is 0. The van der Waals surface area contributed by atoms with Crippen LogP contribution in [0, 0.1) is 0 Å². The van der Waals surface area contributed by atoms with E-state index in [4.69, 9.17) is 4.74 Å². The second-order valence-electron chi connectivity index (χ2n) is 7.70. The zero-order valence-electron chi connectivity index (χ0n) is 18.0. The Morgan fingerprint density at radius 2 is 1.62 bits per heavy atom. The molecule has 1 unspecified atom stereocenters. The van der Waals surface area contributed by atoms with Crippen LogP contribution in [-0.2, 0) is 14.3 Å². The second kappa shape index (κ2) is 10.6. The molecule has 0 saturated heterocycles. The van der Waals surface area contributed by atoms with Crippen LogP contribution in [0.1, 0.15) is 43.2 Å². The van der Waals surface area contributed by atoms with Gasteiger partial charge < -0.3 is 20.5 Å². The largest absolute Gasteiger partial charge is 0.480 e. The van der Waals surface area contributed by atoms with E-state index in [2.05, 4.69) is 29.3 Å². The highest BCUT2D eigenvalue weighted by molar-refractivity contribution is 5.89. The first-order valence-electron chi connectivity index (χ1n) is 10.7. The number of amides is 2. The summed E-state index contributed by atoms with van der Waals surface area (Å²) < 4.78 is 5.48. The van der Waals surface area contributed by atoms with Crippen molar-refractivity contribution in [2.45, 2.75) is 44.2 Å². The SMILES string of the molecule is C=CCCC(NC(=O)[C@H](CC)NC(=O)OCC1c2ccccc2-c2ccccc21)C(=O)O. The lowest BCUT2D eigenvalue weighted by Crippen LogP contribution is -2.51. The quantitative estimate of drug-likeness (QED) is 0.491. The van der Waals surface area contributed by atoms with Gasteiger partial charge in [-0.3, -0.25) is 4.79 Å². The molecule has 1 aliphatic rings. The summed E-state index contributed by atoms with van der Waals surface area (Å²) in [6.45, 7) is 5.43. The van der Waals surface area contributed by atoms with Crippen molar-refractivity contribution in [3.63, 3.8) is 0 Å². The molecule has 0 saturated carbocycles. The van der Waals surface area contributed by atoms with E-state index in [0.29, 0.717) is 12.8 Å². The molecule has 7 heteroatoms. The van der Waals surface area contributed by atoms with E-state index in [1.54, 1.807) is 13.0 Å². The summed E-state index contributed by atoms with van der Waals surface area (Å²) in [5, 5.41) is 14.3. The van der Waals surface area contributed by atoms with Gasteiger partial charge in [-0.05, 0) is 41.5 Å². The fourth-order valence-corrected chi connectivity index (χ4v) is 3.95. The smallest absolute Gasteiger partial charge is 0.407 e. The Bertz CT molecular complexity index is 958. The Morgan fingerprint density at radius 1 is 1.03 bits per heavy atom. The minimum absolute atomic E-state index is 0.0858. The number of carboxylic acids is 1. The van der Waals surface area contributed by atoms with Crippen LogP contribution in [-0.4, -0.2) is 41.8 Å². The lowest BCUT2D eigenvalue weighted by Gasteiger charge is -2.21. The normalized spacial score (nSPS) is 13.9. The molecule has 7 nitrogen and oxygen atoms in total. The third-order valence-corrected chi connectivity index (χ3v) is 5.63. The van der Waals surface area contributed by atoms with E-state index in [0.717, 1.165) is 22.3 Å². The van der Waals surface area contributed by atoms with E-state index < -0.39 is 30.1 Å². The van der Waals surface area contributed by atoms with Crippen LogP contribution < -0.4 is 10.6 Å². The van der Waals surface area contributed by atoms with Gasteiger partial charge in [0.05, 0.1) is 0 Å². The van der Waals surface area contributed by atoms with Gasteiger partial charge in [-0.2, -0.15) is 0 Å². The number of ether oxygens (including phenoxy) is 1. The molecule has 0 bridgehead atoms. The molecule has 3 N–H and O–H groups in total. The van der Waals surface area contributed by atoms with Gasteiger partial charge in [0.1, 0.15) is 18.7 Å². The lowest BCUT2D eigenvalue weighted by molar-refractivity contribution is -0.142. The molecule has 168 valence electrons. The molecule has 0 heterocycles. The van der Waals surface area contributed by atoms with Crippen LogP contribution in [0.4, 0.5) is 4.79 Å². The number of alkyl carbamates (subject to hydrolysis) is 1. The van der Waals surface area contributed by atoms with Crippen LogP contribution in [0.15, 0.2) is 61.2 Å². The van der Waals surface area contributed by atoms with Crippen molar-refractivity contribution < 1.29 is 24.2 Å². The number of aliphatic carboxylic acids is 1. The summed E-state index contributed by atoms with van der Waals surface area (Å²) in [6, 6.07) is 14.1. The molecule has 0 aromatic heterocycles. The number of rotatable bonds is 10. The van der Waals surface area contributed by atoms with E-state index in [1.807, 2.05) is 36.4 Å². The Hall–Kier alpha value is -3.61. The number of fused-ring (bicyclic) bond motifs is 3. The maximum absolute atomic E-state index is 12.5. The summed E-state index contributed by atoms with van der Waals surface area (Å²) in [6.07, 6.45) is 1.85. The number of nitrogens with one attached hydrogen (secondary N) is 2. The molecule has 2 amide bonds. The van der Waals surface area contributed by atoms with Gasteiger partial charge in [-0.1, -0.05) is 61.5 Å². The summed E-state index contributed by atoms with van der Waals surface area (Å²) in [4.78, 5) is 36.3. The average molecular weight is 437 g/mol. The summed E-state index contributed by atoms with van der Waals surface area (Å²) in [5.74, 6) is -1.77. The molecule has 3 rings (SSSR count). The molecule has 0 radical (unpaired) electrons. The molecular formula is C25H28N2O5. The Labute approximate surface area is 187 Å². The standard InChI is InChI=1S/C25H28N2O5/c1-3-5-14-22(24(29)30)26-23(28)21(4-2)27-25(31)32-15-20-18-12-8-6-10-16(18)17-11-7-9-13-19(17)20/h3,6-13,20-22H,1,4-5,14-15H2,2H3,(H,26,28)(H,27,31)(H,29,30)/t21-,22?/m0/s1. The minimum Gasteiger partial charge on any atom is -0.480 e. The predicted molar refractivity (Wildman–Crippen MR) is 121 cm³/mol. The van der Waals surface area contributed by atoms with Crippen LogP contribution in [0.3, 0.4) is 0 Å². The number of hydrogen-bond donors (Lipinski definition) is 3. The first-order valence-corrected chi connectivity index (χ1v) is 10.7. The maximum atomic E-state index is 12.5. The summed E-state index contributed by atoms with van der Waals surface area (Å²) in [5.41, 5.74) is 4.44. The molecule has 2 aromatic carbocycles. The lowest BCUT2D eigenvalue weighted by atomic mass is 9.98. The molecule has 32 heavy (non-hydrogen) atoms. The number of allylic oxidation sites excluding steroid dienone is 1. The molecule has 2 aromatic rings. The van der Waals surface area contributed by atoms with Gasteiger partial charge in [0.15, 0.2) is 0 Å². The zero-order chi connectivity index (χ0) is 23.1. The molecule has 1 aliphatic carbocycles. The van der Waals surface area contributed by atoms with Crippen molar-refractivity contribution in [1.82, 2.24) is 10.6 Å². The van der Waals surface area contributed by atoms with Crippen molar-refractivity contribution in [3.8, 4) is 11.1 Å². The number of hydrogen-bond acceptors (Lipinski definition) is 4. The fourth-order valence-electron chi connectivity index (χ4n) is 3.95. The number of carbonyl (C=O) groups is 3. The third kappa shape index (κ3) is 5.17. The predicted octanol–water partition coefficient (Wildman–Crippen LogP) is 3.84. The molecule has 0 aliphatic heterocycles. The first kappa shape index (κ1) is 23.1. The van der Waals surface area contributed by atoms with E-state index in [9.17, 15) is 19.5 Å². The number of carbonyl (C=O) groups excluding carboxylic acids is 2. The zero-order valence-corrected chi connectivity index (χ0v) is 18.0. The van der Waals surface area contributed by atoms with E-state index in [-0.39, 0.29) is 18.9 Å². The number of carboxylic acid groups (broad SMARTS) is 1. The van der Waals surface area contributed by atoms with Crippen LogP contribution >= 0.6 is 0 Å². The van der Waals surface area contributed by atoms with Gasteiger partial charge in [0.2, 0.25) is 5.91 Å². The topological polar surface area (TPSA) is 105 Å². The van der Waals surface area contributed by atoms with Crippen molar-refractivity contribution in [2.24, 2.45) is 0 Å². The maximum Gasteiger partial charge on any atom is 0.407 e. The summed E-state index contributed by atoms with van der Waals surface area (Å²) in [7, 11) is 0. The molecule has 0 fully saturated rings. The Morgan fingerprint density at radius 3 is 2.16 bits per heavy atom. The number of benzene rings is 2. The molecular weight excluding hydrogens is 408 g/mol. The highest BCUT2D eigenvalue weighted by Gasteiger charge is 2.30.